The molecule has 40 heavy (non-hydrogen) atoms. The van der Waals surface area contributed by atoms with Gasteiger partial charge in [-0.05, 0) is 74.7 Å². The Morgan fingerprint density at radius 3 is 2.23 bits per heavy atom. The molecule has 0 aromatic heterocycles. The molecule has 0 heterocycles. The van der Waals surface area contributed by atoms with E-state index in [2.05, 4.69) is 37.2 Å². The number of aryl methyl sites for hydroxylation is 1. The first kappa shape index (κ1) is 30.3. The second kappa shape index (κ2) is 13.3. The molecule has 1 aliphatic carbocycles. The van der Waals surface area contributed by atoms with Crippen molar-refractivity contribution >= 4 is 59.4 Å². The molecular weight excluding hydrogens is 658 g/mol. The summed E-state index contributed by atoms with van der Waals surface area (Å²) in [6, 6.07) is 20.1. The van der Waals surface area contributed by atoms with Crippen LogP contribution < -0.4 is 9.62 Å². The third-order valence-corrected chi connectivity index (χ3v) is 9.93. The monoisotopic (exact) mass is 689 g/mol. The Hall–Kier alpha value is -2.69. The molecule has 7 nitrogen and oxygen atoms in total. The van der Waals surface area contributed by atoms with Crippen molar-refractivity contribution in [3.63, 3.8) is 0 Å². The second-order valence-corrected chi connectivity index (χ2v) is 13.8. The number of hydrogen-bond donors (Lipinski definition) is 1. The van der Waals surface area contributed by atoms with E-state index < -0.39 is 28.5 Å². The van der Waals surface area contributed by atoms with Crippen LogP contribution in [0, 0.1) is 6.92 Å². The molecule has 0 bridgehead atoms. The lowest BCUT2D eigenvalue weighted by Crippen LogP contribution is -2.52. The number of nitrogens with zero attached hydrogens (tertiary/aromatic N) is 2. The molecule has 1 aliphatic rings. The minimum atomic E-state index is -4.10. The fourth-order valence-electron chi connectivity index (χ4n) is 4.76. The number of rotatable bonds is 10. The first-order valence-corrected chi connectivity index (χ1v) is 16.3. The minimum Gasteiger partial charge on any atom is -0.352 e. The quantitative estimate of drug-likeness (QED) is 0.275. The Kier molecular flexibility index (Phi) is 10.1. The van der Waals surface area contributed by atoms with Crippen LogP contribution in [0.3, 0.4) is 0 Å². The molecule has 3 aromatic carbocycles. The van der Waals surface area contributed by atoms with E-state index in [-0.39, 0.29) is 23.4 Å². The highest BCUT2D eigenvalue weighted by Crippen LogP contribution is 2.27. The summed E-state index contributed by atoms with van der Waals surface area (Å²) >= 11 is 6.85. The number of carbonyl (C=O) groups is 2. The van der Waals surface area contributed by atoms with Crippen molar-refractivity contribution in [3.05, 3.63) is 92.9 Å². The van der Waals surface area contributed by atoms with E-state index in [0.29, 0.717) is 10.2 Å². The van der Waals surface area contributed by atoms with Crippen molar-refractivity contribution in [1.29, 1.82) is 0 Å². The molecular formula is C30H33Br2N3O4S. The summed E-state index contributed by atoms with van der Waals surface area (Å²) in [5.74, 6) is -0.722. The minimum absolute atomic E-state index is 0.0809. The number of carbonyl (C=O) groups excluding carboxylic acids is 2. The molecule has 1 atom stereocenters. The number of amides is 2. The van der Waals surface area contributed by atoms with Crippen molar-refractivity contribution in [3.8, 4) is 0 Å². The van der Waals surface area contributed by atoms with Gasteiger partial charge in [-0.25, -0.2) is 8.42 Å². The van der Waals surface area contributed by atoms with E-state index in [1.165, 1.54) is 17.0 Å². The lowest BCUT2D eigenvalue weighted by atomic mass is 10.1. The summed E-state index contributed by atoms with van der Waals surface area (Å²) in [6.07, 6.45) is 3.98. The van der Waals surface area contributed by atoms with Crippen LogP contribution >= 0.6 is 31.9 Å². The summed E-state index contributed by atoms with van der Waals surface area (Å²) in [4.78, 5) is 28.8. The summed E-state index contributed by atoms with van der Waals surface area (Å²) in [5, 5.41) is 3.08. The van der Waals surface area contributed by atoms with Gasteiger partial charge in [0, 0.05) is 21.5 Å². The van der Waals surface area contributed by atoms with E-state index in [1.807, 2.05) is 31.2 Å². The first-order valence-electron chi connectivity index (χ1n) is 13.2. The molecule has 1 N–H and O–H groups in total. The average molecular weight is 691 g/mol. The predicted molar refractivity (Wildman–Crippen MR) is 164 cm³/mol. The Balaban J connectivity index is 1.68. The molecule has 10 heteroatoms. The van der Waals surface area contributed by atoms with E-state index in [4.69, 9.17) is 0 Å². The molecule has 4 rings (SSSR count). The number of sulfonamides is 1. The van der Waals surface area contributed by atoms with Crippen LogP contribution in [0.2, 0.25) is 0 Å². The zero-order valence-corrected chi connectivity index (χ0v) is 26.5. The largest absolute Gasteiger partial charge is 0.352 e. The van der Waals surface area contributed by atoms with E-state index in [1.54, 1.807) is 43.3 Å². The van der Waals surface area contributed by atoms with Gasteiger partial charge < -0.3 is 10.2 Å². The van der Waals surface area contributed by atoms with Crippen molar-refractivity contribution in [2.75, 3.05) is 10.8 Å². The number of anilines is 1. The molecule has 3 aromatic rings. The van der Waals surface area contributed by atoms with Crippen LogP contribution in [0.4, 0.5) is 5.69 Å². The van der Waals surface area contributed by atoms with Gasteiger partial charge in [0.1, 0.15) is 12.6 Å². The van der Waals surface area contributed by atoms with Crippen LogP contribution in [-0.2, 0) is 26.2 Å². The molecule has 0 saturated heterocycles. The summed E-state index contributed by atoms with van der Waals surface area (Å²) in [5.41, 5.74) is 2.09. The Morgan fingerprint density at radius 2 is 1.60 bits per heavy atom. The highest BCUT2D eigenvalue weighted by atomic mass is 79.9. The number of nitrogens with one attached hydrogen (secondary N) is 1. The maximum Gasteiger partial charge on any atom is 0.264 e. The highest BCUT2D eigenvalue weighted by Gasteiger charge is 2.33. The van der Waals surface area contributed by atoms with Crippen molar-refractivity contribution in [1.82, 2.24) is 10.2 Å². The van der Waals surface area contributed by atoms with E-state index in [9.17, 15) is 18.0 Å². The molecule has 0 unspecified atom stereocenters. The molecule has 1 saturated carbocycles. The standard InChI is InChI=1S/C30H33Br2N3O4S/c1-21-10-16-28(17-11-21)40(38,39)35(27-9-5-6-25(32)18-27)20-29(36)34(19-23-12-14-24(31)15-13-23)22(2)30(37)33-26-7-3-4-8-26/h5-6,9-18,22,26H,3-4,7-8,19-20H2,1-2H3,(H,33,37)/t22-/m0/s1. The van der Waals surface area contributed by atoms with Crippen LogP contribution in [0.5, 0.6) is 0 Å². The lowest BCUT2D eigenvalue weighted by molar-refractivity contribution is -0.139. The lowest BCUT2D eigenvalue weighted by Gasteiger charge is -2.32. The molecule has 2 amide bonds. The Labute approximate surface area is 253 Å². The molecule has 0 spiro atoms. The smallest absolute Gasteiger partial charge is 0.264 e. The average Bonchev–Trinajstić information content (AvgIpc) is 3.44. The third kappa shape index (κ3) is 7.53. The SMILES string of the molecule is Cc1ccc(S(=O)(=O)N(CC(=O)N(Cc2ccc(Br)cc2)[C@@H](C)C(=O)NC2CCCC2)c2cccc(Br)c2)cc1. The molecule has 212 valence electrons. The van der Waals surface area contributed by atoms with Crippen LogP contribution in [0.1, 0.15) is 43.7 Å². The molecule has 1 fully saturated rings. The van der Waals surface area contributed by atoms with Crippen molar-refractivity contribution in [2.24, 2.45) is 0 Å². The summed E-state index contributed by atoms with van der Waals surface area (Å²) in [7, 11) is -4.10. The Bertz CT molecular complexity index is 1440. The van der Waals surface area contributed by atoms with E-state index >= 15 is 0 Å². The van der Waals surface area contributed by atoms with Crippen LogP contribution in [0.25, 0.3) is 0 Å². The summed E-state index contributed by atoms with van der Waals surface area (Å²) in [6.45, 7) is 3.26. The van der Waals surface area contributed by atoms with Gasteiger partial charge in [0.05, 0.1) is 10.6 Å². The zero-order valence-electron chi connectivity index (χ0n) is 22.5. The molecule has 0 aliphatic heterocycles. The third-order valence-electron chi connectivity index (χ3n) is 7.12. The van der Waals surface area contributed by atoms with Gasteiger partial charge in [-0.3, -0.25) is 13.9 Å². The topological polar surface area (TPSA) is 86.8 Å². The number of halogens is 2. The number of hydrogen-bond acceptors (Lipinski definition) is 4. The van der Waals surface area contributed by atoms with Crippen molar-refractivity contribution < 1.29 is 18.0 Å². The van der Waals surface area contributed by atoms with Gasteiger partial charge in [-0.2, -0.15) is 0 Å². The van der Waals surface area contributed by atoms with Gasteiger partial charge in [0.15, 0.2) is 0 Å². The Morgan fingerprint density at radius 1 is 0.950 bits per heavy atom. The summed E-state index contributed by atoms with van der Waals surface area (Å²) < 4.78 is 30.5. The van der Waals surface area contributed by atoms with Gasteiger partial charge >= 0.3 is 0 Å². The molecule has 0 radical (unpaired) electrons. The van der Waals surface area contributed by atoms with Gasteiger partial charge in [-0.15, -0.1) is 0 Å². The van der Waals surface area contributed by atoms with Gasteiger partial charge in [-0.1, -0.05) is 80.6 Å². The van der Waals surface area contributed by atoms with Crippen molar-refractivity contribution in [2.45, 2.75) is 63.1 Å². The number of benzene rings is 3. The second-order valence-electron chi connectivity index (χ2n) is 10.1. The zero-order chi connectivity index (χ0) is 28.9. The first-order chi connectivity index (χ1) is 19.0. The van der Waals surface area contributed by atoms with Gasteiger partial charge in [0.2, 0.25) is 11.8 Å². The predicted octanol–water partition coefficient (Wildman–Crippen LogP) is 6.19. The fraction of sp³-hybridized carbons (Fsp3) is 0.333. The fourth-order valence-corrected chi connectivity index (χ4v) is 6.82. The van der Waals surface area contributed by atoms with Gasteiger partial charge in [0.25, 0.3) is 10.0 Å². The van der Waals surface area contributed by atoms with Crippen LogP contribution in [0.15, 0.2) is 86.6 Å². The highest BCUT2D eigenvalue weighted by molar-refractivity contribution is 9.10. The normalized spacial score (nSPS) is 14.5. The maximum absolute atomic E-state index is 14.0. The van der Waals surface area contributed by atoms with Crippen LogP contribution in [-0.4, -0.2) is 43.8 Å². The maximum atomic E-state index is 14.0. The van der Waals surface area contributed by atoms with E-state index in [0.717, 1.165) is 45.6 Å².